The summed E-state index contributed by atoms with van der Waals surface area (Å²) in [6, 6.07) is 9.01. The Labute approximate surface area is 114 Å². The molecular weight excluding hydrogens is 238 g/mol. The third kappa shape index (κ3) is 2.59. The second-order valence-corrected chi connectivity index (χ2v) is 5.53. The molecule has 0 spiro atoms. The van der Waals surface area contributed by atoms with Gasteiger partial charge in [0.1, 0.15) is 0 Å². The molecule has 0 saturated carbocycles. The normalized spacial score (nSPS) is 23.4. The quantitative estimate of drug-likeness (QED) is 0.895. The van der Waals surface area contributed by atoms with Crippen LogP contribution in [0.15, 0.2) is 24.3 Å². The summed E-state index contributed by atoms with van der Waals surface area (Å²) in [5.74, 6) is 0. The number of benzene rings is 1. The average molecular weight is 259 g/mol. The molecule has 0 bridgehead atoms. The number of nitrogens with one attached hydrogen (secondary N) is 1. The molecular formula is C15H21N3O. The lowest BCUT2D eigenvalue weighted by molar-refractivity contribution is 0.178. The molecule has 2 fully saturated rings. The predicted octanol–water partition coefficient (Wildman–Crippen LogP) is 1.59. The van der Waals surface area contributed by atoms with Gasteiger partial charge >= 0.3 is 6.03 Å². The number of rotatable bonds is 3. The summed E-state index contributed by atoms with van der Waals surface area (Å²) < 4.78 is 0. The first-order valence-corrected chi connectivity index (χ1v) is 7.06. The number of urea groups is 1. The van der Waals surface area contributed by atoms with Crippen molar-refractivity contribution >= 4 is 6.03 Å². The molecule has 4 nitrogen and oxygen atoms in total. The summed E-state index contributed by atoms with van der Waals surface area (Å²) >= 11 is 0. The first kappa shape index (κ1) is 12.5. The summed E-state index contributed by atoms with van der Waals surface area (Å²) in [5.41, 5.74) is 2.47. The van der Waals surface area contributed by atoms with Gasteiger partial charge in [0, 0.05) is 32.2 Å². The van der Waals surface area contributed by atoms with Gasteiger partial charge in [0.15, 0.2) is 0 Å². The van der Waals surface area contributed by atoms with Crippen molar-refractivity contribution in [3.63, 3.8) is 0 Å². The highest BCUT2D eigenvalue weighted by Gasteiger charge is 2.34. The second-order valence-electron chi connectivity index (χ2n) is 5.53. The maximum absolute atomic E-state index is 12.4. The van der Waals surface area contributed by atoms with E-state index in [0.29, 0.717) is 6.04 Å². The van der Waals surface area contributed by atoms with Gasteiger partial charge in [-0.2, -0.15) is 0 Å². The van der Waals surface area contributed by atoms with Crippen LogP contribution >= 0.6 is 0 Å². The largest absolute Gasteiger partial charge is 0.320 e. The second kappa shape index (κ2) is 5.21. The summed E-state index contributed by atoms with van der Waals surface area (Å²) in [6.45, 7) is 6.53. The fraction of sp³-hybridized carbons (Fsp3) is 0.533. The van der Waals surface area contributed by atoms with Crippen LogP contribution in [0.2, 0.25) is 0 Å². The van der Waals surface area contributed by atoms with E-state index in [1.165, 1.54) is 11.1 Å². The Hall–Kier alpha value is -1.55. The maximum Gasteiger partial charge on any atom is 0.320 e. The number of aryl methyl sites for hydroxylation is 1. The van der Waals surface area contributed by atoms with Crippen molar-refractivity contribution in [3.05, 3.63) is 35.4 Å². The smallest absolute Gasteiger partial charge is 0.319 e. The number of carbonyl (C=O) groups is 1. The van der Waals surface area contributed by atoms with E-state index >= 15 is 0 Å². The molecule has 1 aromatic rings. The van der Waals surface area contributed by atoms with Crippen molar-refractivity contribution in [3.8, 4) is 0 Å². The number of nitrogens with zero attached hydrogens (tertiary/aromatic N) is 2. The lowest BCUT2D eigenvalue weighted by atomic mass is 10.1. The summed E-state index contributed by atoms with van der Waals surface area (Å²) in [6.07, 6.45) is 1.09. The van der Waals surface area contributed by atoms with Gasteiger partial charge in [-0.3, -0.25) is 0 Å². The molecule has 2 aliphatic rings. The Morgan fingerprint density at radius 3 is 3.00 bits per heavy atom. The van der Waals surface area contributed by atoms with Crippen molar-refractivity contribution in [1.29, 1.82) is 0 Å². The Morgan fingerprint density at radius 2 is 2.26 bits per heavy atom. The van der Waals surface area contributed by atoms with Crippen LogP contribution in [0.1, 0.15) is 17.5 Å². The minimum atomic E-state index is 0.204. The third-order valence-corrected chi connectivity index (χ3v) is 4.06. The molecule has 102 valence electrons. The molecule has 2 aliphatic heterocycles. The summed E-state index contributed by atoms with van der Waals surface area (Å²) in [5, 5.41) is 3.33. The van der Waals surface area contributed by atoms with E-state index in [9.17, 15) is 4.79 Å². The molecule has 0 radical (unpaired) electrons. The molecule has 2 saturated heterocycles. The zero-order valence-electron chi connectivity index (χ0n) is 11.4. The molecule has 1 unspecified atom stereocenters. The molecule has 4 heteroatoms. The van der Waals surface area contributed by atoms with E-state index in [-0.39, 0.29) is 6.03 Å². The van der Waals surface area contributed by atoms with Gasteiger partial charge in [-0.15, -0.1) is 0 Å². The topological polar surface area (TPSA) is 35.6 Å². The monoisotopic (exact) mass is 259 g/mol. The lowest BCUT2D eigenvalue weighted by Crippen LogP contribution is -2.40. The minimum absolute atomic E-state index is 0.204. The van der Waals surface area contributed by atoms with Gasteiger partial charge in [0.05, 0.1) is 0 Å². The Bertz CT molecular complexity index is 468. The fourth-order valence-electron chi connectivity index (χ4n) is 3.02. The summed E-state index contributed by atoms with van der Waals surface area (Å²) in [4.78, 5) is 16.4. The first-order valence-electron chi connectivity index (χ1n) is 7.06. The molecule has 2 heterocycles. The van der Waals surface area contributed by atoms with Crippen LogP contribution in [-0.4, -0.2) is 48.1 Å². The molecule has 3 rings (SSSR count). The van der Waals surface area contributed by atoms with Crippen molar-refractivity contribution < 1.29 is 4.79 Å². The highest BCUT2D eigenvalue weighted by molar-refractivity contribution is 5.77. The Balaban J connectivity index is 1.65. The highest BCUT2D eigenvalue weighted by atomic mass is 16.2. The first-order chi connectivity index (χ1) is 9.24. The lowest BCUT2D eigenvalue weighted by Gasteiger charge is -2.23. The minimum Gasteiger partial charge on any atom is -0.319 e. The molecule has 0 aliphatic carbocycles. The van der Waals surface area contributed by atoms with Gasteiger partial charge in [-0.05, 0) is 25.5 Å². The van der Waals surface area contributed by atoms with Crippen LogP contribution in [0.3, 0.4) is 0 Å². The average Bonchev–Trinajstić information content (AvgIpc) is 3.01. The van der Waals surface area contributed by atoms with Crippen LogP contribution in [0, 0.1) is 6.92 Å². The highest BCUT2D eigenvalue weighted by Crippen LogP contribution is 2.19. The van der Waals surface area contributed by atoms with Gasteiger partial charge in [0.25, 0.3) is 0 Å². The van der Waals surface area contributed by atoms with Crippen LogP contribution in [-0.2, 0) is 6.54 Å². The molecule has 1 atom stereocenters. The van der Waals surface area contributed by atoms with E-state index < -0.39 is 0 Å². The maximum atomic E-state index is 12.4. The van der Waals surface area contributed by atoms with Crippen LogP contribution in [0.25, 0.3) is 0 Å². The third-order valence-electron chi connectivity index (χ3n) is 4.06. The molecule has 19 heavy (non-hydrogen) atoms. The number of hydrogen-bond acceptors (Lipinski definition) is 2. The predicted molar refractivity (Wildman–Crippen MR) is 75.0 cm³/mol. The summed E-state index contributed by atoms with van der Waals surface area (Å²) in [7, 11) is 0. The zero-order valence-corrected chi connectivity index (χ0v) is 11.4. The Kier molecular flexibility index (Phi) is 3.42. The van der Waals surface area contributed by atoms with Gasteiger partial charge in [-0.1, -0.05) is 29.8 Å². The van der Waals surface area contributed by atoms with Crippen LogP contribution in [0.4, 0.5) is 4.79 Å². The van der Waals surface area contributed by atoms with Gasteiger partial charge in [-0.25, -0.2) is 4.79 Å². The van der Waals surface area contributed by atoms with E-state index in [0.717, 1.165) is 39.1 Å². The van der Waals surface area contributed by atoms with Gasteiger partial charge in [0.2, 0.25) is 0 Å². The van der Waals surface area contributed by atoms with Gasteiger partial charge < -0.3 is 15.1 Å². The molecule has 1 aromatic carbocycles. The SMILES string of the molecule is Cc1cccc(CN2CCN(C3CCNC3)C2=O)c1. The molecule has 1 N–H and O–H groups in total. The van der Waals surface area contributed by atoms with Crippen molar-refractivity contribution in [2.45, 2.75) is 25.9 Å². The van der Waals surface area contributed by atoms with Crippen LogP contribution in [0.5, 0.6) is 0 Å². The number of carbonyl (C=O) groups excluding carboxylic acids is 1. The van der Waals surface area contributed by atoms with Crippen molar-refractivity contribution in [1.82, 2.24) is 15.1 Å². The molecule has 0 aromatic heterocycles. The van der Waals surface area contributed by atoms with E-state index in [1.54, 1.807) is 0 Å². The number of hydrogen-bond donors (Lipinski definition) is 1. The Morgan fingerprint density at radius 1 is 1.37 bits per heavy atom. The van der Waals surface area contributed by atoms with Crippen molar-refractivity contribution in [2.24, 2.45) is 0 Å². The standard InChI is InChI=1S/C15H21N3O/c1-12-3-2-4-13(9-12)11-17-7-8-18(15(17)19)14-5-6-16-10-14/h2-4,9,14,16H,5-8,10-11H2,1H3. The van der Waals surface area contributed by atoms with Crippen molar-refractivity contribution in [2.75, 3.05) is 26.2 Å². The van der Waals surface area contributed by atoms with E-state index in [4.69, 9.17) is 0 Å². The zero-order chi connectivity index (χ0) is 13.2. The fourth-order valence-corrected chi connectivity index (χ4v) is 3.02. The molecule has 2 amide bonds. The van der Waals surface area contributed by atoms with Crippen LogP contribution < -0.4 is 5.32 Å². The van der Waals surface area contributed by atoms with E-state index in [1.807, 2.05) is 9.80 Å². The number of amides is 2. The van der Waals surface area contributed by atoms with E-state index in [2.05, 4.69) is 36.5 Å².